The fraction of sp³-hybridized carbons (Fsp3) is 0.444. The molecule has 0 saturated heterocycles. The Hall–Kier alpha value is -1.94. The topological polar surface area (TPSA) is 46.9 Å². The minimum atomic E-state index is 0.164. The van der Waals surface area contributed by atoms with Gasteiger partial charge < -0.3 is 14.7 Å². The van der Waals surface area contributed by atoms with Crippen LogP contribution in [0.5, 0.6) is 0 Å². The summed E-state index contributed by atoms with van der Waals surface area (Å²) in [5.74, 6) is 0. The van der Waals surface area contributed by atoms with Gasteiger partial charge in [0, 0.05) is 19.2 Å². The van der Waals surface area contributed by atoms with Crippen molar-refractivity contribution in [2.45, 2.75) is 46.2 Å². The van der Waals surface area contributed by atoms with Crippen molar-refractivity contribution in [3.05, 3.63) is 54.1 Å². The van der Waals surface area contributed by atoms with Crippen LogP contribution in [0.1, 0.15) is 50.9 Å². The zero-order chi connectivity index (χ0) is 16.2. The van der Waals surface area contributed by atoms with E-state index in [0.29, 0.717) is 6.42 Å². The van der Waals surface area contributed by atoms with Gasteiger partial charge in [-0.25, -0.2) is 4.98 Å². The molecule has 1 unspecified atom stereocenters. The number of hydrogen-bond acceptors (Lipinski definition) is 3. The molecule has 1 heterocycles. The van der Waals surface area contributed by atoms with Crippen LogP contribution in [0, 0.1) is 0 Å². The van der Waals surface area contributed by atoms with Gasteiger partial charge in [-0.15, -0.1) is 0 Å². The van der Waals surface area contributed by atoms with Crippen LogP contribution in [-0.4, -0.2) is 22.4 Å². The molecule has 2 aromatic rings. The second kappa shape index (κ2) is 10.7. The first kappa shape index (κ1) is 18.1. The molecule has 0 bridgehead atoms. The van der Waals surface area contributed by atoms with E-state index in [1.165, 1.54) is 5.56 Å². The molecule has 120 valence electrons. The van der Waals surface area contributed by atoms with Gasteiger partial charge >= 0.3 is 0 Å². The van der Waals surface area contributed by atoms with Crippen LogP contribution in [0.4, 0.5) is 0 Å². The zero-order valence-electron chi connectivity index (χ0n) is 13.8. The van der Waals surface area contributed by atoms with Crippen molar-refractivity contribution in [1.29, 1.82) is 0 Å². The molecule has 4 heteroatoms. The number of carbonyl (C=O) groups is 1. The monoisotopic (exact) mass is 301 g/mol. The Bertz CT molecular complexity index is 522. The first-order chi connectivity index (χ1) is 10.9. The average Bonchev–Trinajstić information content (AvgIpc) is 3.04. The van der Waals surface area contributed by atoms with E-state index in [4.69, 9.17) is 0 Å². The molecule has 1 N–H and O–H groups in total. The predicted octanol–water partition coefficient (Wildman–Crippen LogP) is 3.59. The van der Waals surface area contributed by atoms with E-state index in [-0.39, 0.29) is 6.04 Å². The second-order valence-electron chi connectivity index (χ2n) is 4.74. The number of aldehydes is 1. The van der Waals surface area contributed by atoms with Crippen molar-refractivity contribution in [3.8, 4) is 0 Å². The summed E-state index contributed by atoms with van der Waals surface area (Å²) in [6, 6.07) is 10.4. The summed E-state index contributed by atoms with van der Waals surface area (Å²) in [6.45, 7) is 7.80. The molecule has 0 fully saturated rings. The van der Waals surface area contributed by atoms with Gasteiger partial charge in [0.15, 0.2) is 0 Å². The van der Waals surface area contributed by atoms with Crippen molar-refractivity contribution in [3.63, 3.8) is 0 Å². The number of imidazole rings is 1. The Morgan fingerprint density at radius 2 is 2.00 bits per heavy atom. The van der Waals surface area contributed by atoms with Gasteiger partial charge in [0.2, 0.25) is 0 Å². The highest BCUT2D eigenvalue weighted by Gasteiger charge is 2.15. The molecule has 22 heavy (non-hydrogen) atoms. The lowest BCUT2D eigenvalue weighted by molar-refractivity contribution is -0.108. The lowest BCUT2D eigenvalue weighted by Gasteiger charge is -2.21. The molecule has 0 radical (unpaired) electrons. The average molecular weight is 301 g/mol. The third-order valence-electron chi connectivity index (χ3n) is 3.38. The van der Waals surface area contributed by atoms with Gasteiger partial charge in [0.1, 0.15) is 6.29 Å². The number of nitrogens with zero attached hydrogens (tertiary/aromatic N) is 2. The molecule has 0 aliphatic carbocycles. The fourth-order valence-corrected chi connectivity index (χ4v) is 2.37. The van der Waals surface area contributed by atoms with Gasteiger partial charge in [-0.3, -0.25) is 0 Å². The summed E-state index contributed by atoms with van der Waals surface area (Å²) in [5, 5.41) is 3.32. The van der Waals surface area contributed by atoms with Crippen LogP contribution in [0.3, 0.4) is 0 Å². The van der Waals surface area contributed by atoms with Crippen LogP contribution in [0.25, 0.3) is 0 Å². The third kappa shape index (κ3) is 5.11. The summed E-state index contributed by atoms with van der Waals surface area (Å²) in [5.41, 5.74) is 2.36. The predicted molar refractivity (Wildman–Crippen MR) is 90.8 cm³/mol. The lowest BCUT2D eigenvalue weighted by Crippen LogP contribution is -2.19. The summed E-state index contributed by atoms with van der Waals surface area (Å²) < 4.78 is 2.17. The van der Waals surface area contributed by atoms with Gasteiger partial charge in [-0.05, 0) is 18.5 Å². The van der Waals surface area contributed by atoms with Crippen LogP contribution >= 0.6 is 0 Å². The number of nitrogens with one attached hydrogen (secondary N) is 1. The Balaban J connectivity index is 0.00000116. The minimum absolute atomic E-state index is 0.164. The number of hydrogen-bond donors (Lipinski definition) is 1. The van der Waals surface area contributed by atoms with Crippen LogP contribution < -0.4 is 5.32 Å². The molecule has 1 aromatic carbocycles. The fourth-order valence-electron chi connectivity index (χ4n) is 2.37. The number of rotatable bonds is 8. The van der Waals surface area contributed by atoms with E-state index in [1.54, 1.807) is 0 Å². The third-order valence-corrected chi connectivity index (χ3v) is 3.38. The first-order valence-corrected chi connectivity index (χ1v) is 8.06. The van der Waals surface area contributed by atoms with Gasteiger partial charge in [-0.1, -0.05) is 51.1 Å². The molecular weight excluding hydrogens is 274 g/mol. The summed E-state index contributed by atoms with van der Waals surface area (Å²) in [4.78, 5) is 15.0. The van der Waals surface area contributed by atoms with E-state index in [0.717, 1.165) is 31.5 Å². The highest BCUT2D eigenvalue weighted by Crippen LogP contribution is 2.24. The van der Waals surface area contributed by atoms with Crippen molar-refractivity contribution < 1.29 is 4.79 Å². The zero-order valence-corrected chi connectivity index (χ0v) is 13.8. The van der Waals surface area contributed by atoms with E-state index >= 15 is 0 Å². The van der Waals surface area contributed by atoms with Gasteiger partial charge in [0.05, 0.1) is 18.1 Å². The first-order valence-electron chi connectivity index (χ1n) is 8.06. The van der Waals surface area contributed by atoms with Gasteiger partial charge in [-0.2, -0.15) is 0 Å². The summed E-state index contributed by atoms with van der Waals surface area (Å²) in [6.07, 6.45) is 6.08. The van der Waals surface area contributed by atoms with Crippen LogP contribution in [-0.2, 0) is 11.3 Å². The largest absolute Gasteiger partial charge is 0.326 e. The summed E-state index contributed by atoms with van der Waals surface area (Å²) in [7, 11) is 0. The Kier molecular flexibility index (Phi) is 8.84. The van der Waals surface area contributed by atoms with Crippen molar-refractivity contribution in [2.24, 2.45) is 0 Å². The maximum absolute atomic E-state index is 10.7. The Morgan fingerprint density at radius 3 is 2.64 bits per heavy atom. The minimum Gasteiger partial charge on any atom is -0.326 e. The molecule has 2 rings (SSSR count). The van der Waals surface area contributed by atoms with E-state index in [2.05, 4.69) is 33.9 Å². The molecular formula is C18H27N3O. The molecule has 1 aromatic heterocycles. The molecule has 0 aliphatic rings. The molecule has 0 amide bonds. The van der Waals surface area contributed by atoms with E-state index in [9.17, 15) is 4.79 Å². The smallest absolute Gasteiger partial charge is 0.120 e. The van der Waals surface area contributed by atoms with Crippen molar-refractivity contribution in [2.75, 3.05) is 6.54 Å². The Morgan fingerprint density at radius 1 is 1.27 bits per heavy atom. The molecule has 1 atom stereocenters. The maximum Gasteiger partial charge on any atom is 0.120 e. The van der Waals surface area contributed by atoms with E-state index < -0.39 is 0 Å². The van der Waals surface area contributed by atoms with Gasteiger partial charge in [0.25, 0.3) is 0 Å². The molecule has 0 spiro atoms. The van der Waals surface area contributed by atoms with Crippen LogP contribution in [0.15, 0.2) is 42.9 Å². The van der Waals surface area contributed by atoms with Crippen LogP contribution in [0.2, 0.25) is 0 Å². The normalized spacial score (nSPS) is 11.4. The summed E-state index contributed by atoms with van der Waals surface area (Å²) >= 11 is 0. The highest BCUT2D eigenvalue weighted by atomic mass is 16.1. The van der Waals surface area contributed by atoms with Crippen molar-refractivity contribution in [1.82, 2.24) is 14.9 Å². The molecule has 0 saturated carbocycles. The number of carbonyl (C=O) groups excluding carboxylic acids is 1. The highest BCUT2D eigenvalue weighted by molar-refractivity contribution is 5.49. The lowest BCUT2D eigenvalue weighted by atomic mass is 10.0. The maximum atomic E-state index is 10.7. The number of benzene rings is 1. The van der Waals surface area contributed by atoms with E-state index in [1.807, 2.05) is 44.6 Å². The molecule has 0 aliphatic heterocycles. The Labute approximate surface area is 133 Å². The quantitative estimate of drug-likeness (QED) is 0.758. The second-order valence-corrected chi connectivity index (χ2v) is 4.74. The SMILES string of the molecule is CC.CCNCc1cncn1C(CCC=O)c1ccccc1. The number of aromatic nitrogens is 2. The molecule has 4 nitrogen and oxygen atoms in total. The van der Waals surface area contributed by atoms with Crippen molar-refractivity contribution >= 4 is 6.29 Å². The standard InChI is InChI=1S/C16H21N3O.C2H6/c1-2-17-11-15-12-18-13-19(15)16(9-6-10-20)14-7-4-3-5-8-14;1-2/h3-5,7-8,10,12-13,16-17H,2,6,9,11H2,1H3;1-2H3.